The van der Waals surface area contributed by atoms with Gasteiger partial charge >= 0.3 is 7.12 Å². The number of ether oxygens (including phenoxy) is 1. The van der Waals surface area contributed by atoms with E-state index in [1.165, 1.54) is 24.9 Å². The average molecular weight is 698 g/mol. The molecule has 3 aromatic rings. The number of amides is 2. The third-order valence-corrected chi connectivity index (χ3v) is 12.4. The van der Waals surface area contributed by atoms with Crippen molar-refractivity contribution in [2.75, 3.05) is 37.6 Å². The largest absolute Gasteiger partial charge is 0.495 e. The number of fused-ring (bicyclic) bond motifs is 1. The number of aryl methyl sites for hydroxylation is 1. The van der Waals surface area contributed by atoms with Crippen molar-refractivity contribution in [1.82, 2.24) is 20.0 Å². The van der Waals surface area contributed by atoms with E-state index in [1.807, 2.05) is 11.7 Å². The fourth-order valence-corrected chi connectivity index (χ4v) is 8.72. The molecule has 3 aliphatic heterocycles. The van der Waals surface area contributed by atoms with Crippen LogP contribution >= 0.6 is 0 Å². The number of carbonyl (C=O) groups excluding carboxylic acids is 2. The number of nitrogens with one attached hydrogen (secondary N) is 1. The fourth-order valence-electron chi connectivity index (χ4n) is 8.72. The SMILES string of the molecule is Cc1c(OC2CCC(C[C@H](C)CN3CCN(c4cccc5c(C6CCC(=O)NC6=O)nn(C)c45)CC3)CC2)cccc1B1OC(C)(C)C(C)(C)O1. The summed E-state index contributed by atoms with van der Waals surface area (Å²) >= 11 is 0. The number of nitrogens with zero attached hydrogens (tertiary/aromatic N) is 4. The van der Waals surface area contributed by atoms with Crippen molar-refractivity contribution < 1.29 is 23.6 Å². The minimum Gasteiger partial charge on any atom is -0.490 e. The molecule has 51 heavy (non-hydrogen) atoms. The van der Waals surface area contributed by atoms with Gasteiger partial charge in [0.1, 0.15) is 5.75 Å². The van der Waals surface area contributed by atoms with E-state index in [2.05, 4.69) is 93.1 Å². The van der Waals surface area contributed by atoms with Crippen molar-refractivity contribution in [3.05, 3.63) is 47.7 Å². The Morgan fingerprint density at radius 1 is 0.961 bits per heavy atom. The summed E-state index contributed by atoms with van der Waals surface area (Å²) in [7, 11) is 1.58. The summed E-state index contributed by atoms with van der Waals surface area (Å²) in [5, 5.41) is 8.30. The molecule has 1 aliphatic carbocycles. The maximum atomic E-state index is 12.7. The molecule has 0 bridgehead atoms. The number of rotatable bonds is 9. The summed E-state index contributed by atoms with van der Waals surface area (Å²) < 4.78 is 21.2. The molecule has 1 N–H and O–H groups in total. The minimum atomic E-state index is -0.391. The Kier molecular flexibility index (Phi) is 10.0. The average Bonchev–Trinajstić information content (AvgIpc) is 3.53. The summed E-state index contributed by atoms with van der Waals surface area (Å²) in [5.41, 5.74) is 4.44. The van der Waals surface area contributed by atoms with E-state index in [9.17, 15) is 9.59 Å². The van der Waals surface area contributed by atoms with Crippen LogP contribution in [0.1, 0.15) is 96.7 Å². The number of benzene rings is 2. The highest BCUT2D eigenvalue weighted by molar-refractivity contribution is 6.62. The zero-order valence-electron chi connectivity index (χ0n) is 31.7. The zero-order chi connectivity index (χ0) is 36.1. The molecule has 10 nitrogen and oxygen atoms in total. The number of imide groups is 1. The normalized spacial score (nSPS) is 26.1. The topological polar surface area (TPSA) is 98.2 Å². The van der Waals surface area contributed by atoms with Gasteiger partial charge in [-0.1, -0.05) is 31.2 Å². The van der Waals surface area contributed by atoms with Gasteiger partial charge in [0.15, 0.2) is 0 Å². The molecular formula is C40H56BN5O5. The molecule has 2 amide bonds. The molecule has 4 aliphatic rings. The standard InChI is InChI=1S/C40H56BN5O5/c1-26(24-28-14-16-29(17-15-28)49-34-13-9-11-32(27(34)2)41-50-39(3,4)40(5,6)51-41)25-45-20-22-46(23-21-45)33-12-8-10-30-36(43-44(7)37(30)33)31-18-19-35(47)42-38(31)48/h8-13,26,28-29,31H,14-25H2,1-7H3,(H,42,47,48)/t26-,28?,29?,31?/m0/s1. The number of piperazine rings is 1. The highest BCUT2D eigenvalue weighted by atomic mass is 16.7. The van der Waals surface area contributed by atoms with Gasteiger partial charge in [-0.25, -0.2) is 0 Å². The molecule has 1 saturated carbocycles. The lowest BCUT2D eigenvalue weighted by Crippen LogP contribution is -2.47. The van der Waals surface area contributed by atoms with Crippen LogP contribution in [0.25, 0.3) is 10.9 Å². The van der Waals surface area contributed by atoms with Crippen LogP contribution in [-0.4, -0.2) is 83.6 Å². The zero-order valence-corrected chi connectivity index (χ0v) is 31.7. The third-order valence-electron chi connectivity index (χ3n) is 12.4. The van der Waals surface area contributed by atoms with Gasteiger partial charge < -0.3 is 18.9 Å². The molecule has 3 saturated heterocycles. The van der Waals surface area contributed by atoms with E-state index < -0.39 is 5.92 Å². The number of para-hydroxylation sites is 1. The molecule has 1 aromatic heterocycles. The van der Waals surface area contributed by atoms with Crippen LogP contribution < -0.4 is 20.4 Å². The first-order valence-corrected chi connectivity index (χ1v) is 19.2. The van der Waals surface area contributed by atoms with E-state index in [4.69, 9.17) is 19.1 Å². The van der Waals surface area contributed by atoms with Crippen LogP contribution in [-0.2, 0) is 25.9 Å². The number of hydrogen-bond donors (Lipinski definition) is 1. The predicted octanol–water partition coefficient (Wildman–Crippen LogP) is 5.49. The molecule has 4 fully saturated rings. The first-order valence-electron chi connectivity index (χ1n) is 19.2. The van der Waals surface area contributed by atoms with Gasteiger partial charge in [-0.2, -0.15) is 5.10 Å². The van der Waals surface area contributed by atoms with Gasteiger partial charge in [-0.05, 0) is 108 Å². The second-order valence-corrected chi connectivity index (χ2v) is 16.6. The van der Waals surface area contributed by atoms with E-state index in [0.717, 1.165) is 84.9 Å². The number of anilines is 1. The monoisotopic (exact) mass is 697 g/mol. The van der Waals surface area contributed by atoms with E-state index in [-0.39, 0.29) is 36.2 Å². The number of aromatic nitrogens is 2. The van der Waals surface area contributed by atoms with Crippen LogP contribution in [0, 0.1) is 18.8 Å². The Morgan fingerprint density at radius 2 is 1.65 bits per heavy atom. The van der Waals surface area contributed by atoms with Crippen LogP contribution in [0.2, 0.25) is 0 Å². The van der Waals surface area contributed by atoms with Crippen molar-refractivity contribution in [3.63, 3.8) is 0 Å². The lowest BCUT2D eigenvalue weighted by Gasteiger charge is -2.38. The minimum absolute atomic E-state index is 0.199. The van der Waals surface area contributed by atoms with Crippen molar-refractivity contribution in [2.24, 2.45) is 18.9 Å². The maximum Gasteiger partial charge on any atom is 0.495 e. The van der Waals surface area contributed by atoms with Crippen LogP contribution in [0.4, 0.5) is 5.69 Å². The Balaban J connectivity index is 0.881. The fraction of sp³-hybridized carbons (Fsp3) is 0.625. The molecule has 2 atom stereocenters. The molecule has 0 spiro atoms. The molecule has 1 unspecified atom stereocenters. The number of piperidine rings is 1. The Labute approximate surface area is 303 Å². The smallest absolute Gasteiger partial charge is 0.490 e. The predicted molar refractivity (Wildman–Crippen MR) is 202 cm³/mol. The van der Waals surface area contributed by atoms with Crippen molar-refractivity contribution in [1.29, 1.82) is 0 Å². The Hall–Kier alpha value is -3.41. The molecule has 7 rings (SSSR count). The molecular weight excluding hydrogens is 641 g/mol. The van der Waals surface area contributed by atoms with E-state index >= 15 is 0 Å². The second kappa shape index (κ2) is 14.2. The molecule has 0 radical (unpaired) electrons. The lowest BCUT2D eigenvalue weighted by molar-refractivity contribution is -0.134. The Morgan fingerprint density at radius 3 is 2.33 bits per heavy atom. The van der Waals surface area contributed by atoms with Crippen LogP contribution in [0.5, 0.6) is 5.75 Å². The maximum absolute atomic E-state index is 12.7. The summed E-state index contributed by atoms with van der Waals surface area (Å²) in [6.45, 7) is 18.0. The first-order chi connectivity index (χ1) is 24.3. The summed E-state index contributed by atoms with van der Waals surface area (Å²) in [4.78, 5) is 29.5. The van der Waals surface area contributed by atoms with Crippen LogP contribution in [0.15, 0.2) is 36.4 Å². The van der Waals surface area contributed by atoms with Gasteiger partial charge in [-0.15, -0.1) is 0 Å². The van der Waals surface area contributed by atoms with Gasteiger partial charge in [0.25, 0.3) is 0 Å². The molecule has 11 heteroatoms. The number of hydrogen-bond acceptors (Lipinski definition) is 8. The highest BCUT2D eigenvalue weighted by Gasteiger charge is 2.52. The summed E-state index contributed by atoms with van der Waals surface area (Å²) in [6, 6.07) is 12.6. The first kappa shape index (κ1) is 36.0. The molecule has 4 heterocycles. The van der Waals surface area contributed by atoms with E-state index in [1.54, 1.807) is 0 Å². The molecule has 2 aromatic carbocycles. The van der Waals surface area contributed by atoms with Crippen molar-refractivity contribution in [2.45, 2.75) is 110 Å². The Bertz CT molecular complexity index is 1740. The van der Waals surface area contributed by atoms with Gasteiger partial charge in [0, 0.05) is 51.6 Å². The third kappa shape index (κ3) is 7.31. The molecule has 274 valence electrons. The summed E-state index contributed by atoms with van der Waals surface area (Å²) in [5.74, 6) is 1.52. The lowest BCUT2D eigenvalue weighted by atomic mass is 9.76. The van der Waals surface area contributed by atoms with Crippen LogP contribution in [0.3, 0.4) is 0 Å². The number of carbonyl (C=O) groups is 2. The van der Waals surface area contributed by atoms with Gasteiger partial charge in [0.2, 0.25) is 11.8 Å². The quantitative estimate of drug-likeness (QED) is 0.232. The van der Waals surface area contributed by atoms with Gasteiger partial charge in [-0.3, -0.25) is 24.5 Å². The van der Waals surface area contributed by atoms with E-state index in [0.29, 0.717) is 18.8 Å². The summed E-state index contributed by atoms with van der Waals surface area (Å²) in [6.07, 6.45) is 7.00. The van der Waals surface area contributed by atoms with Crippen molar-refractivity contribution >= 4 is 41.0 Å². The van der Waals surface area contributed by atoms with Crippen molar-refractivity contribution in [3.8, 4) is 5.75 Å². The van der Waals surface area contributed by atoms with Gasteiger partial charge in [0.05, 0.1) is 40.1 Å². The second-order valence-electron chi connectivity index (χ2n) is 16.6. The highest BCUT2D eigenvalue weighted by Crippen LogP contribution is 2.38.